The second-order valence-corrected chi connectivity index (χ2v) is 3.74. The maximum Gasteiger partial charge on any atom is 0.276 e. The third kappa shape index (κ3) is 1.60. The van der Waals surface area contributed by atoms with E-state index < -0.39 is 0 Å². The Hall–Kier alpha value is -2.76. The predicted molar refractivity (Wildman–Crippen MR) is 67.8 cm³/mol. The van der Waals surface area contributed by atoms with E-state index in [0.29, 0.717) is 16.9 Å². The topological polar surface area (TPSA) is 97.5 Å². The van der Waals surface area contributed by atoms with Crippen molar-refractivity contribution in [2.45, 2.75) is 0 Å². The van der Waals surface area contributed by atoms with E-state index in [-0.39, 0.29) is 11.4 Å². The minimum absolute atomic E-state index is 0.244. The van der Waals surface area contributed by atoms with Gasteiger partial charge in [0.2, 0.25) is 0 Å². The molecular formula is C12H9N5O. The van der Waals surface area contributed by atoms with E-state index in [1.54, 1.807) is 0 Å². The SMILES string of the molecule is Nc1ncnc2[nH]c(=O)c(-c3ccccc3)nc12. The second kappa shape index (κ2) is 3.92. The van der Waals surface area contributed by atoms with Gasteiger partial charge in [0, 0.05) is 5.56 Å². The Kier molecular flexibility index (Phi) is 2.26. The van der Waals surface area contributed by atoms with Crippen LogP contribution in [-0.2, 0) is 0 Å². The van der Waals surface area contributed by atoms with Gasteiger partial charge in [0.1, 0.15) is 17.5 Å². The first kappa shape index (κ1) is 10.4. The number of nitrogens with one attached hydrogen (secondary N) is 1. The molecule has 0 fully saturated rings. The number of benzene rings is 1. The van der Waals surface area contributed by atoms with Gasteiger partial charge in [-0.25, -0.2) is 15.0 Å². The Bertz CT molecular complexity index is 766. The van der Waals surface area contributed by atoms with Gasteiger partial charge in [-0.2, -0.15) is 0 Å². The average Bonchev–Trinajstić information content (AvgIpc) is 2.39. The van der Waals surface area contributed by atoms with E-state index in [1.807, 2.05) is 30.3 Å². The molecule has 0 unspecified atom stereocenters. The second-order valence-electron chi connectivity index (χ2n) is 3.74. The summed E-state index contributed by atoms with van der Waals surface area (Å²) in [6, 6.07) is 9.17. The summed E-state index contributed by atoms with van der Waals surface area (Å²) < 4.78 is 0. The lowest BCUT2D eigenvalue weighted by Gasteiger charge is -2.03. The molecule has 0 bridgehead atoms. The predicted octanol–water partition coefficient (Wildman–Crippen LogP) is 0.962. The van der Waals surface area contributed by atoms with Crippen molar-refractivity contribution < 1.29 is 0 Å². The minimum Gasteiger partial charge on any atom is -0.382 e. The van der Waals surface area contributed by atoms with Crippen molar-refractivity contribution in [2.75, 3.05) is 5.73 Å². The molecule has 2 heterocycles. The molecule has 1 aromatic carbocycles. The van der Waals surface area contributed by atoms with Gasteiger partial charge in [0.25, 0.3) is 5.56 Å². The highest BCUT2D eigenvalue weighted by Gasteiger charge is 2.09. The zero-order chi connectivity index (χ0) is 12.5. The van der Waals surface area contributed by atoms with Gasteiger partial charge in [-0.05, 0) is 0 Å². The number of hydrogen-bond donors (Lipinski definition) is 2. The molecule has 0 atom stereocenters. The van der Waals surface area contributed by atoms with Gasteiger partial charge in [-0.1, -0.05) is 30.3 Å². The Morgan fingerprint density at radius 2 is 1.89 bits per heavy atom. The molecule has 0 amide bonds. The number of nitrogens with two attached hydrogens (primary N) is 1. The summed E-state index contributed by atoms with van der Waals surface area (Å²) >= 11 is 0. The van der Waals surface area contributed by atoms with Crippen LogP contribution < -0.4 is 11.3 Å². The molecule has 0 radical (unpaired) electrons. The van der Waals surface area contributed by atoms with Crippen LogP contribution >= 0.6 is 0 Å². The van der Waals surface area contributed by atoms with E-state index in [4.69, 9.17) is 5.73 Å². The van der Waals surface area contributed by atoms with Crippen molar-refractivity contribution in [2.24, 2.45) is 0 Å². The Morgan fingerprint density at radius 1 is 1.11 bits per heavy atom. The molecule has 3 rings (SSSR count). The lowest BCUT2D eigenvalue weighted by atomic mass is 10.1. The average molecular weight is 239 g/mol. The number of H-pyrrole nitrogens is 1. The molecule has 2 aromatic heterocycles. The summed E-state index contributed by atoms with van der Waals surface area (Å²) in [7, 11) is 0. The maximum atomic E-state index is 11.9. The fourth-order valence-corrected chi connectivity index (χ4v) is 1.72. The fourth-order valence-electron chi connectivity index (χ4n) is 1.72. The fraction of sp³-hybridized carbons (Fsp3) is 0. The highest BCUT2D eigenvalue weighted by Crippen LogP contribution is 2.16. The third-order valence-electron chi connectivity index (χ3n) is 2.57. The van der Waals surface area contributed by atoms with Crippen LogP contribution in [-0.4, -0.2) is 19.9 Å². The molecule has 0 aliphatic carbocycles. The van der Waals surface area contributed by atoms with Gasteiger partial charge in [-0.15, -0.1) is 0 Å². The number of nitrogens with zero attached hydrogens (tertiary/aromatic N) is 3. The zero-order valence-electron chi connectivity index (χ0n) is 9.29. The molecule has 6 heteroatoms. The van der Waals surface area contributed by atoms with Crippen molar-refractivity contribution in [3.8, 4) is 11.3 Å². The summed E-state index contributed by atoms with van der Waals surface area (Å²) in [5.74, 6) is 0.244. The lowest BCUT2D eigenvalue weighted by Crippen LogP contribution is -2.13. The first-order chi connectivity index (χ1) is 8.75. The van der Waals surface area contributed by atoms with E-state index >= 15 is 0 Å². The molecule has 6 nitrogen and oxygen atoms in total. The summed E-state index contributed by atoms with van der Waals surface area (Å²) in [5.41, 5.74) is 7.19. The van der Waals surface area contributed by atoms with E-state index in [0.717, 1.165) is 5.56 Å². The van der Waals surface area contributed by atoms with Gasteiger partial charge >= 0.3 is 0 Å². The first-order valence-corrected chi connectivity index (χ1v) is 5.31. The van der Waals surface area contributed by atoms with Gasteiger partial charge in [0.15, 0.2) is 11.5 Å². The number of nitrogen functional groups attached to an aromatic ring is 1. The summed E-state index contributed by atoms with van der Waals surface area (Å²) in [5, 5.41) is 0. The molecular weight excluding hydrogens is 230 g/mol. The largest absolute Gasteiger partial charge is 0.382 e. The molecule has 88 valence electrons. The highest BCUT2D eigenvalue weighted by molar-refractivity contribution is 5.82. The van der Waals surface area contributed by atoms with Crippen molar-refractivity contribution >= 4 is 17.0 Å². The van der Waals surface area contributed by atoms with Crippen LogP contribution in [0.15, 0.2) is 41.5 Å². The summed E-state index contributed by atoms with van der Waals surface area (Å²) in [6.45, 7) is 0. The molecule has 0 aliphatic rings. The van der Waals surface area contributed by atoms with Crippen LogP contribution in [0.3, 0.4) is 0 Å². The lowest BCUT2D eigenvalue weighted by molar-refractivity contribution is 1.13. The molecule has 0 spiro atoms. The monoisotopic (exact) mass is 239 g/mol. The number of anilines is 1. The van der Waals surface area contributed by atoms with Crippen LogP contribution in [0.5, 0.6) is 0 Å². The maximum absolute atomic E-state index is 11.9. The highest BCUT2D eigenvalue weighted by atomic mass is 16.1. The molecule has 18 heavy (non-hydrogen) atoms. The number of rotatable bonds is 1. The van der Waals surface area contributed by atoms with Crippen LogP contribution in [0.4, 0.5) is 5.82 Å². The van der Waals surface area contributed by atoms with Crippen LogP contribution in [0.25, 0.3) is 22.4 Å². The van der Waals surface area contributed by atoms with Crippen molar-refractivity contribution in [3.05, 3.63) is 47.0 Å². The molecule has 3 aromatic rings. The standard InChI is InChI=1S/C12H9N5O/c13-10-9-11(15-6-14-10)17-12(18)8(16-9)7-4-2-1-3-5-7/h1-6H,(H3,13,14,15,17,18). The Labute approximate surface area is 102 Å². The van der Waals surface area contributed by atoms with Gasteiger partial charge < -0.3 is 10.7 Å². The van der Waals surface area contributed by atoms with Gasteiger partial charge in [-0.3, -0.25) is 4.79 Å². The van der Waals surface area contributed by atoms with Gasteiger partial charge in [0.05, 0.1) is 0 Å². The molecule has 0 aliphatic heterocycles. The number of fused-ring (bicyclic) bond motifs is 1. The summed E-state index contributed by atoms with van der Waals surface area (Å²) in [6.07, 6.45) is 1.29. The Morgan fingerprint density at radius 3 is 2.67 bits per heavy atom. The van der Waals surface area contributed by atoms with Crippen LogP contribution in [0.1, 0.15) is 0 Å². The van der Waals surface area contributed by atoms with Crippen molar-refractivity contribution in [1.29, 1.82) is 0 Å². The summed E-state index contributed by atoms with van der Waals surface area (Å²) in [4.78, 5) is 26.6. The normalized spacial score (nSPS) is 10.7. The zero-order valence-corrected chi connectivity index (χ0v) is 9.29. The minimum atomic E-state index is -0.299. The van der Waals surface area contributed by atoms with Crippen LogP contribution in [0.2, 0.25) is 0 Å². The number of aromatic amines is 1. The molecule has 0 saturated carbocycles. The first-order valence-electron chi connectivity index (χ1n) is 5.31. The van der Waals surface area contributed by atoms with E-state index in [2.05, 4.69) is 19.9 Å². The Balaban J connectivity index is 2.35. The van der Waals surface area contributed by atoms with E-state index in [1.165, 1.54) is 6.33 Å². The molecule has 0 saturated heterocycles. The smallest absolute Gasteiger partial charge is 0.276 e. The number of hydrogen-bond acceptors (Lipinski definition) is 5. The van der Waals surface area contributed by atoms with Crippen molar-refractivity contribution in [1.82, 2.24) is 19.9 Å². The number of aromatic nitrogens is 4. The molecule has 3 N–H and O–H groups in total. The van der Waals surface area contributed by atoms with Crippen LogP contribution in [0, 0.1) is 0 Å². The quantitative estimate of drug-likeness (QED) is 0.659. The van der Waals surface area contributed by atoms with E-state index in [9.17, 15) is 4.79 Å². The van der Waals surface area contributed by atoms with Crippen molar-refractivity contribution in [3.63, 3.8) is 0 Å². The third-order valence-corrected chi connectivity index (χ3v) is 2.57.